The molecule has 2 aromatic rings. The Bertz CT molecular complexity index is 504. The van der Waals surface area contributed by atoms with Gasteiger partial charge in [-0.25, -0.2) is 4.57 Å². The predicted octanol–water partition coefficient (Wildman–Crippen LogP) is 4.73. The summed E-state index contributed by atoms with van der Waals surface area (Å²) < 4.78 is 2.35. The minimum absolute atomic E-state index is 1.11. The number of hydrogen-bond donors (Lipinski definition) is 0. The number of benzene rings is 1. The lowest BCUT2D eigenvalue weighted by atomic mass is 10.1. The van der Waals surface area contributed by atoms with Gasteiger partial charge in [-0.05, 0) is 30.9 Å². The second kappa shape index (κ2) is 9.33. The van der Waals surface area contributed by atoms with Gasteiger partial charge in [0.05, 0.1) is 0 Å². The van der Waals surface area contributed by atoms with E-state index in [0.717, 1.165) is 13.0 Å². The van der Waals surface area contributed by atoms with Gasteiger partial charge in [0.25, 0.3) is 0 Å². The van der Waals surface area contributed by atoms with E-state index in [1.54, 1.807) is 0 Å². The van der Waals surface area contributed by atoms with Crippen LogP contribution >= 0.6 is 0 Å². The van der Waals surface area contributed by atoms with E-state index in [0.29, 0.717) is 0 Å². The van der Waals surface area contributed by atoms with Crippen molar-refractivity contribution in [3.8, 4) is 0 Å². The van der Waals surface area contributed by atoms with Crippen molar-refractivity contribution >= 4 is 0 Å². The monoisotopic (exact) mass is 282 g/mol. The van der Waals surface area contributed by atoms with Crippen molar-refractivity contribution in [2.24, 2.45) is 0 Å². The highest BCUT2D eigenvalue weighted by Crippen LogP contribution is 2.06. The quantitative estimate of drug-likeness (QED) is 0.462. The second-order valence-electron chi connectivity index (χ2n) is 5.85. The van der Waals surface area contributed by atoms with Gasteiger partial charge in [0.2, 0.25) is 0 Å². The minimum Gasteiger partial charge on any atom is -0.205 e. The molecule has 0 amide bonds. The molecule has 1 heteroatoms. The molecule has 0 bridgehead atoms. The molecule has 0 radical (unpaired) electrons. The summed E-state index contributed by atoms with van der Waals surface area (Å²) in [7, 11) is 0. The van der Waals surface area contributed by atoms with Crippen molar-refractivity contribution in [1.29, 1.82) is 0 Å². The lowest BCUT2D eigenvalue weighted by Crippen LogP contribution is -2.33. The van der Waals surface area contributed by atoms with Crippen molar-refractivity contribution < 1.29 is 4.57 Å². The summed E-state index contributed by atoms with van der Waals surface area (Å²) in [4.78, 5) is 0. The van der Waals surface area contributed by atoms with Crippen LogP contribution in [0, 0.1) is 0 Å². The highest BCUT2D eigenvalue weighted by atomic mass is 14.9. The number of rotatable bonds is 9. The van der Waals surface area contributed by atoms with Gasteiger partial charge >= 0.3 is 0 Å². The van der Waals surface area contributed by atoms with Crippen LogP contribution in [0.2, 0.25) is 0 Å². The van der Waals surface area contributed by atoms with Gasteiger partial charge in [0.1, 0.15) is 6.54 Å². The Balaban J connectivity index is 1.75. The summed E-state index contributed by atoms with van der Waals surface area (Å²) >= 11 is 0. The summed E-state index contributed by atoms with van der Waals surface area (Å²) in [6, 6.07) is 15.2. The number of hydrogen-bond acceptors (Lipinski definition) is 0. The lowest BCUT2D eigenvalue weighted by molar-refractivity contribution is -0.697. The molecule has 0 spiro atoms. The summed E-state index contributed by atoms with van der Waals surface area (Å²) in [6.45, 7) is 3.38. The van der Waals surface area contributed by atoms with Crippen LogP contribution in [0.5, 0.6) is 0 Å². The van der Waals surface area contributed by atoms with Crippen LogP contribution in [0.25, 0.3) is 0 Å². The van der Waals surface area contributed by atoms with Crippen molar-refractivity contribution in [2.45, 2.75) is 58.4 Å². The molecule has 0 N–H and O–H groups in total. The zero-order valence-electron chi connectivity index (χ0n) is 13.3. The molecule has 1 heterocycles. The molecule has 1 nitrogen and oxygen atoms in total. The third-order valence-corrected chi connectivity index (χ3v) is 3.96. The van der Waals surface area contributed by atoms with Crippen molar-refractivity contribution in [2.75, 3.05) is 0 Å². The maximum Gasteiger partial charge on any atom is 0.171 e. The standard InChI is InChI=1S/C20H28N/c1-2-3-4-6-13-20-15-10-17-21(18-20)16-9-14-19-11-7-5-8-12-19/h5,7-8,10-12,15,17-18H,2-4,6,9,13-14,16H2,1H3/q+1. The van der Waals surface area contributed by atoms with Crippen LogP contribution in [-0.4, -0.2) is 0 Å². The number of unbranched alkanes of at least 4 members (excludes halogenated alkanes) is 3. The molecule has 0 fully saturated rings. The Morgan fingerprint density at radius 3 is 2.33 bits per heavy atom. The Labute approximate surface area is 129 Å². The maximum atomic E-state index is 2.35. The summed E-state index contributed by atoms with van der Waals surface area (Å²) in [6.07, 6.45) is 13.5. The third-order valence-electron chi connectivity index (χ3n) is 3.96. The Hall–Kier alpha value is -1.63. The number of nitrogens with zero attached hydrogens (tertiary/aromatic N) is 1. The summed E-state index contributed by atoms with van der Waals surface area (Å²) in [5.74, 6) is 0. The highest BCUT2D eigenvalue weighted by molar-refractivity contribution is 5.14. The van der Waals surface area contributed by atoms with E-state index in [1.807, 2.05) is 0 Å². The van der Waals surface area contributed by atoms with E-state index >= 15 is 0 Å². The molecule has 0 atom stereocenters. The first-order valence-electron chi connectivity index (χ1n) is 8.40. The first-order valence-corrected chi connectivity index (χ1v) is 8.40. The van der Waals surface area contributed by atoms with Crippen LogP contribution in [0.1, 0.15) is 50.2 Å². The van der Waals surface area contributed by atoms with Crippen molar-refractivity contribution in [1.82, 2.24) is 0 Å². The molecular formula is C20H28N+. The topological polar surface area (TPSA) is 3.88 Å². The minimum atomic E-state index is 1.11. The zero-order valence-corrected chi connectivity index (χ0v) is 13.3. The molecule has 21 heavy (non-hydrogen) atoms. The van der Waals surface area contributed by atoms with Crippen molar-refractivity contribution in [3.05, 3.63) is 66.0 Å². The SMILES string of the molecule is CCCCCCc1ccc[n+](CCCc2ccccc2)c1. The fourth-order valence-electron chi connectivity index (χ4n) is 2.73. The lowest BCUT2D eigenvalue weighted by Gasteiger charge is -2.02. The number of pyridine rings is 1. The average molecular weight is 282 g/mol. The van der Waals surface area contributed by atoms with E-state index < -0.39 is 0 Å². The average Bonchev–Trinajstić information content (AvgIpc) is 2.53. The number of aryl methyl sites for hydroxylation is 3. The van der Waals surface area contributed by atoms with Crippen LogP contribution in [0.4, 0.5) is 0 Å². The Kier molecular flexibility index (Phi) is 7.00. The van der Waals surface area contributed by atoms with E-state index in [4.69, 9.17) is 0 Å². The molecule has 1 aromatic heterocycles. The molecule has 0 unspecified atom stereocenters. The van der Waals surface area contributed by atoms with Gasteiger partial charge in [0.15, 0.2) is 12.4 Å². The zero-order chi connectivity index (χ0) is 14.8. The van der Waals surface area contributed by atoms with Crippen LogP contribution in [0.3, 0.4) is 0 Å². The van der Waals surface area contributed by atoms with E-state index in [-0.39, 0.29) is 0 Å². The van der Waals surface area contributed by atoms with Gasteiger partial charge in [-0.3, -0.25) is 0 Å². The molecule has 2 rings (SSSR count). The fourth-order valence-corrected chi connectivity index (χ4v) is 2.73. The van der Waals surface area contributed by atoms with Gasteiger partial charge in [-0.15, -0.1) is 0 Å². The van der Waals surface area contributed by atoms with Gasteiger partial charge < -0.3 is 0 Å². The normalized spacial score (nSPS) is 10.7. The molecule has 0 saturated carbocycles. The van der Waals surface area contributed by atoms with Gasteiger partial charge in [0, 0.05) is 18.1 Å². The first-order chi connectivity index (χ1) is 10.4. The Morgan fingerprint density at radius 1 is 0.762 bits per heavy atom. The molecule has 0 aliphatic rings. The van der Waals surface area contributed by atoms with Gasteiger partial charge in [-0.1, -0.05) is 56.5 Å². The number of aromatic nitrogens is 1. The largest absolute Gasteiger partial charge is 0.205 e. The second-order valence-corrected chi connectivity index (χ2v) is 5.85. The molecule has 0 saturated heterocycles. The molecule has 112 valence electrons. The maximum absolute atomic E-state index is 2.35. The van der Waals surface area contributed by atoms with E-state index in [2.05, 4.69) is 66.3 Å². The summed E-state index contributed by atoms with van der Waals surface area (Å²) in [5, 5.41) is 0. The van der Waals surface area contributed by atoms with E-state index in [9.17, 15) is 0 Å². The first kappa shape index (κ1) is 15.8. The smallest absolute Gasteiger partial charge is 0.171 e. The third kappa shape index (κ3) is 6.12. The van der Waals surface area contributed by atoms with E-state index in [1.165, 1.54) is 49.7 Å². The summed E-state index contributed by atoms with van der Waals surface area (Å²) in [5.41, 5.74) is 2.92. The highest BCUT2D eigenvalue weighted by Gasteiger charge is 2.03. The molecule has 0 aliphatic heterocycles. The predicted molar refractivity (Wildman–Crippen MR) is 89.2 cm³/mol. The molecule has 0 aliphatic carbocycles. The van der Waals surface area contributed by atoms with Crippen LogP contribution in [-0.2, 0) is 19.4 Å². The van der Waals surface area contributed by atoms with Crippen LogP contribution < -0.4 is 4.57 Å². The molecule has 1 aromatic carbocycles. The van der Waals surface area contributed by atoms with Crippen LogP contribution in [0.15, 0.2) is 54.9 Å². The fraction of sp³-hybridized carbons (Fsp3) is 0.450. The van der Waals surface area contributed by atoms with Crippen molar-refractivity contribution in [3.63, 3.8) is 0 Å². The Morgan fingerprint density at radius 2 is 1.52 bits per heavy atom. The molecular weight excluding hydrogens is 254 g/mol. The van der Waals surface area contributed by atoms with Gasteiger partial charge in [-0.2, -0.15) is 0 Å².